The normalized spacial score (nSPS) is 11.0. The summed E-state index contributed by atoms with van der Waals surface area (Å²) >= 11 is 6.99. The number of fused-ring (bicyclic) bond motifs is 1. The van der Waals surface area contributed by atoms with Gasteiger partial charge in [0.15, 0.2) is 10.6 Å². The molecule has 4 rings (SSSR count). The number of carbonyl (C=O) groups excluding carboxylic acids is 1. The highest BCUT2D eigenvalue weighted by molar-refractivity contribution is 7.71. The summed E-state index contributed by atoms with van der Waals surface area (Å²) in [4.78, 5) is 26.3. The molecule has 0 radical (unpaired) electrons. The van der Waals surface area contributed by atoms with Crippen LogP contribution in [0.3, 0.4) is 0 Å². The molecule has 0 saturated carbocycles. The van der Waals surface area contributed by atoms with E-state index in [-0.39, 0.29) is 11.3 Å². The second-order valence-electron chi connectivity index (χ2n) is 5.82. The van der Waals surface area contributed by atoms with Crippen LogP contribution in [0.1, 0.15) is 16.6 Å². The Hall–Kier alpha value is -2.83. The molecule has 0 saturated heterocycles. The van der Waals surface area contributed by atoms with Crippen molar-refractivity contribution in [1.29, 1.82) is 0 Å². The molecule has 0 fully saturated rings. The van der Waals surface area contributed by atoms with Gasteiger partial charge < -0.3 is 0 Å². The summed E-state index contributed by atoms with van der Waals surface area (Å²) in [5, 5.41) is 0.488. The molecule has 0 aliphatic heterocycles. The Morgan fingerprint density at radius 3 is 2.00 bits per heavy atom. The number of hydrogen-bond acceptors (Lipinski definition) is 4. The van der Waals surface area contributed by atoms with Crippen LogP contribution in [0.4, 0.5) is 0 Å². The molecule has 128 valence electrons. The predicted molar refractivity (Wildman–Crippen MR) is 108 cm³/mol. The molecule has 26 heavy (non-hydrogen) atoms. The number of ketones is 1. The van der Waals surface area contributed by atoms with Crippen molar-refractivity contribution in [3.05, 3.63) is 86.7 Å². The van der Waals surface area contributed by atoms with Crippen LogP contribution < -0.4 is 5.56 Å². The lowest BCUT2D eigenvalue weighted by Gasteiger charge is -2.14. The molecule has 0 bridgehead atoms. The van der Waals surface area contributed by atoms with Crippen molar-refractivity contribution in [3.63, 3.8) is 0 Å². The van der Waals surface area contributed by atoms with Gasteiger partial charge in [0.05, 0.1) is 16.0 Å². The zero-order valence-electron chi connectivity index (χ0n) is 13.9. The largest absolute Gasteiger partial charge is 0.294 e. The predicted octanol–water partition coefficient (Wildman–Crippen LogP) is 4.77. The van der Waals surface area contributed by atoms with E-state index in [1.54, 1.807) is 6.07 Å². The molecule has 0 unspecified atom stereocenters. The molecule has 0 spiro atoms. The van der Waals surface area contributed by atoms with E-state index in [9.17, 15) is 9.59 Å². The molecule has 2 heterocycles. The van der Waals surface area contributed by atoms with E-state index in [0.717, 1.165) is 5.69 Å². The molecule has 4 aromatic rings. The van der Waals surface area contributed by atoms with Crippen molar-refractivity contribution in [3.8, 4) is 11.4 Å². The Bertz CT molecular complexity index is 1240. The van der Waals surface area contributed by atoms with Crippen molar-refractivity contribution >= 4 is 39.6 Å². The van der Waals surface area contributed by atoms with Gasteiger partial charge >= 0.3 is 0 Å². The third-order valence-corrected chi connectivity index (χ3v) is 5.69. The molecule has 6 heteroatoms. The lowest BCUT2D eigenvalue weighted by atomic mass is 10.2. The van der Waals surface area contributed by atoms with Crippen molar-refractivity contribution < 1.29 is 4.79 Å². The minimum Gasteiger partial charge on any atom is -0.294 e. The van der Waals surface area contributed by atoms with Gasteiger partial charge in [-0.3, -0.25) is 18.7 Å². The number of hydrogen-bond donors (Lipinski definition) is 0. The van der Waals surface area contributed by atoms with Gasteiger partial charge in [0.2, 0.25) is 0 Å². The van der Waals surface area contributed by atoms with Gasteiger partial charge in [-0.1, -0.05) is 36.4 Å². The van der Waals surface area contributed by atoms with Crippen LogP contribution in [0.5, 0.6) is 0 Å². The van der Waals surface area contributed by atoms with Crippen molar-refractivity contribution in [2.45, 2.75) is 6.92 Å². The SMILES string of the molecule is CC(=O)c1cc2c(=O)n(-c3ccccc3)c(=S)n(-c3ccccc3)c2s1. The molecule has 0 aliphatic carbocycles. The van der Waals surface area contributed by atoms with Crippen LogP contribution in [0.15, 0.2) is 71.5 Å². The Balaban J connectivity index is 2.20. The van der Waals surface area contributed by atoms with E-state index < -0.39 is 0 Å². The zero-order valence-corrected chi connectivity index (χ0v) is 15.5. The standard InChI is InChI=1S/C20H14N2O2S2/c1-13(23)17-12-16-18(24)21(14-8-4-2-5-9-14)20(25)22(19(16)26-17)15-10-6-3-7-11-15/h2-12H,1H3. The maximum Gasteiger partial charge on any atom is 0.267 e. The van der Waals surface area contributed by atoms with E-state index in [4.69, 9.17) is 12.2 Å². The molecular formula is C20H14N2O2S2. The maximum atomic E-state index is 13.1. The van der Waals surface area contributed by atoms with Gasteiger partial charge in [-0.15, -0.1) is 11.3 Å². The van der Waals surface area contributed by atoms with Crippen molar-refractivity contribution in [2.75, 3.05) is 0 Å². The van der Waals surface area contributed by atoms with E-state index >= 15 is 0 Å². The number of thiophene rings is 1. The number of rotatable bonds is 3. The summed E-state index contributed by atoms with van der Waals surface area (Å²) in [6, 6.07) is 20.6. The van der Waals surface area contributed by atoms with Gasteiger partial charge in [-0.05, 0) is 49.5 Å². The first-order valence-corrected chi connectivity index (χ1v) is 9.24. The third kappa shape index (κ3) is 2.64. The lowest BCUT2D eigenvalue weighted by Crippen LogP contribution is -2.22. The summed E-state index contributed by atoms with van der Waals surface area (Å²) in [5.74, 6) is -0.0672. The summed E-state index contributed by atoms with van der Waals surface area (Å²) in [5.41, 5.74) is 1.33. The molecule has 0 N–H and O–H groups in total. The van der Waals surface area contributed by atoms with Crippen LogP contribution in [-0.4, -0.2) is 14.9 Å². The maximum absolute atomic E-state index is 13.1. The Kier molecular flexibility index (Phi) is 4.14. The molecule has 2 aromatic heterocycles. The van der Waals surface area contributed by atoms with Crippen LogP contribution in [-0.2, 0) is 0 Å². The van der Waals surface area contributed by atoms with Crippen LogP contribution in [0, 0.1) is 4.77 Å². The van der Waals surface area contributed by atoms with Gasteiger partial charge in [0.25, 0.3) is 5.56 Å². The first kappa shape index (κ1) is 16.6. The van der Waals surface area contributed by atoms with E-state index in [2.05, 4.69) is 0 Å². The average molecular weight is 378 g/mol. The highest BCUT2D eigenvalue weighted by Gasteiger charge is 2.17. The molecule has 0 atom stereocenters. The third-order valence-electron chi connectivity index (χ3n) is 4.11. The van der Waals surface area contributed by atoms with Gasteiger partial charge in [-0.2, -0.15) is 0 Å². The molecule has 0 amide bonds. The lowest BCUT2D eigenvalue weighted by molar-refractivity contribution is 0.102. The number of benzene rings is 2. The highest BCUT2D eigenvalue weighted by Crippen LogP contribution is 2.27. The summed E-state index contributed by atoms with van der Waals surface area (Å²) in [6.07, 6.45) is 0. The van der Waals surface area contributed by atoms with Crippen LogP contribution >= 0.6 is 23.6 Å². The molecule has 4 nitrogen and oxygen atoms in total. The average Bonchev–Trinajstić information content (AvgIpc) is 3.09. The molecule has 0 aliphatic rings. The van der Waals surface area contributed by atoms with Gasteiger partial charge in [0.1, 0.15) is 4.83 Å². The number of para-hydroxylation sites is 2. The number of aromatic nitrogens is 2. The summed E-state index contributed by atoms with van der Waals surface area (Å²) in [7, 11) is 0. The second-order valence-corrected chi connectivity index (χ2v) is 7.21. The van der Waals surface area contributed by atoms with E-state index in [1.165, 1.54) is 22.8 Å². The molecular weight excluding hydrogens is 364 g/mol. The van der Waals surface area contributed by atoms with Crippen molar-refractivity contribution in [1.82, 2.24) is 9.13 Å². The number of Topliss-reactive ketones (excluding diaryl/α,β-unsaturated/α-hetero) is 1. The smallest absolute Gasteiger partial charge is 0.267 e. The summed E-state index contributed by atoms with van der Waals surface area (Å²) in [6.45, 7) is 1.50. The van der Waals surface area contributed by atoms with Crippen LogP contribution in [0.2, 0.25) is 0 Å². The van der Waals surface area contributed by atoms with Gasteiger partial charge in [0, 0.05) is 5.69 Å². The first-order chi connectivity index (χ1) is 12.6. The molecule has 2 aromatic carbocycles. The van der Waals surface area contributed by atoms with E-state index in [0.29, 0.717) is 25.6 Å². The summed E-state index contributed by atoms with van der Waals surface area (Å²) < 4.78 is 3.74. The fourth-order valence-electron chi connectivity index (χ4n) is 2.88. The van der Waals surface area contributed by atoms with Crippen molar-refractivity contribution in [2.24, 2.45) is 0 Å². The number of nitrogens with zero attached hydrogens (tertiary/aromatic N) is 2. The highest BCUT2D eigenvalue weighted by atomic mass is 32.1. The zero-order chi connectivity index (χ0) is 18.3. The van der Waals surface area contributed by atoms with Gasteiger partial charge in [-0.25, -0.2) is 0 Å². The minimum atomic E-state index is -0.216. The second kappa shape index (κ2) is 6.48. The topological polar surface area (TPSA) is 44.0 Å². The Morgan fingerprint density at radius 2 is 1.46 bits per heavy atom. The fraction of sp³-hybridized carbons (Fsp3) is 0.0500. The minimum absolute atomic E-state index is 0.0672. The fourth-order valence-corrected chi connectivity index (χ4v) is 4.39. The van der Waals surface area contributed by atoms with E-state index in [1.807, 2.05) is 65.2 Å². The first-order valence-electron chi connectivity index (χ1n) is 8.01. The Morgan fingerprint density at radius 1 is 0.923 bits per heavy atom. The number of carbonyl (C=O) groups is 1. The Labute approximate surface area is 158 Å². The monoisotopic (exact) mass is 378 g/mol. The van der Waals surface area contributed by atoms with Crippen LogP contribution in [0.25, 0.3) is 21.6 Å². The quantitative estimate of drug-likeness (QED) is 0.381.